The molecule has 0 aromatic heterocycles. The smallest absolute Gasteiger partial charge is 0.319 e. The zero-order valence-electron chi connectivity index (χ0n) is 12.9. The Labute approximate surface area is 125 Å². The van der Waals surface area contributed by atoms with Crippen molar-refractivity contribution >= 4 is 11.7 Å². The molecular formula is C16H24N2O3. The quantitative estimate of drug-likeness (QED) is 0.800. The highest BCUT2D eigenvalue weighted by Gasteiger charge is 2.32. The van der Waals surface area contributed by atoms with Crippen molar-refractivity contribution in [3.05, 3.63) is 29.8 Å². The Balaban J connectivity index is 1.85. The van der Waals surface area contributed by atoms with Gasteiger partial charge in [0.1, 0.15) is 5.60 Å². The van der Waals surface area contributed by atoms with E-state index in [9.17, 15) is 9.90 Å². The van der Waals surface area contributed by atoms with Crippen molar-refractivity contribution in [1.29, 1.82) is 0 Å². The Morgan fingerprint density at radius 1 is 1.33 bits per heavy atom. The van der Waals surface area contributed by atoms with E-state index in [0.717, 1.165) is 5.69 Å². The van der Waals surface area contributed by atoms with Gasteiger partial charge in [0.05, 0.1) is 13.2 Å². The first kappa shape index (κ1) is 15.8. The highest BCUT2D eigenvalue weighted by Crippen LogP contribution is 2.23. The molecule has 0 unspecified atom stereocenters. The van der Waals surface area contributed by atoms with Crippen molar-refractivity contribution in [2.75, 3.05) is 25.1 Å². The van der Waals surface area contributed by atoms with Crippen molar-refractivity contribution in [2.45, 2.75) is 38.2 Å². The van der Waals surface area contributed by atoms with Crippen LogP contribution in [0.25, 0.3) is 0 Å². The molecule has 0 saturated carbocycles. The second kappa shape index (κ2) is 6.03. The summed E-state index contributed by atoms with van der Waals surface area (Å²) in [7, 11) is 0. The lowest BCUT2D eigenvalue weighted by molar-refractivity contribution is 0.0295. The molecule has 1 aromatic carbocycles. The molecule has 1 fully saturated rings. The molecule has 2 rings (SSSR count). The van der Waals surface area contributed by atoms with E-state index < -0.39 is 5.60 Å². The highest BCUT2D eigenvalue weighted by molar-refractivity contribution is 5.89. The van der Waals surface area contributed by atoms with Crippen molar-refractivity contribution in [2.24, 2.45) is 0 Å². The summed E-state index contributed by atoms with van der Waals surface area (Å²) >= 11 is 0. The predicted octanol–water partition coefficient (Wildman–Crippen LogP) is 2.26. The molecule has 1 heterocycles. The first-order valence-electron chi connectivity index (χ1n) is 7.24. The van der Waals surface area contributed by atoms with Gasteiger partial charge in [-0.2, -0.15) is 0 Å². The molecule has 3 N–H and O–H groups in total. The third kappa shape index (κ3) is 4.44. The molecule has 1 aromatic rings. The number of urea groups is 1. The van der Waals surface area contributed by atoms with Crippen molar-refractivity contribution in [3.8, 4) is 0 Å². The number of hydrogen-bond acceptors (Lipinski definition) is 3. The number of anilines is 1. The number of rotatable bonds is 3. The molecule has 0 aliphatic carbocycles. The van der Waals surface area contributed by atoms with Crippen LogP contribution in [-0.4, -0.2) is 36.5 Å². The molecule has 2 amide bonds. The van der Waals surface area contributed by atoms with Crippen LogP contribution < -0.4 is 10.6 Å². The minimum Gasteiger partial charge on any atom is -0.386 e. The van der Waals surface area contributed by atoms with E-state index in [1.165, 1.54) is 5.56 Å². The Hall–Kier alpha value is -1.59. The maximum absolute atomic E-state index is 11.8. The summed E-state index contributed by atoms with van der Waals surface area (Å²) in [6.45, 7) is 7.44. The first-order valence-corrected chi connectivity index (χ1v) is 7.24. The topological polar surface area (TPSA) is 70.6 Å². The van der Waals surface area contributed by atoms with Crippen LogP contribution in [0.2, 0.25) is 0 Å². The Bertz CT molecular complexity index is 485. The molecule has 5 heteroatoms. The lowest BCUT2D eigenvalue weighted by Crippen LogP contribution is -2.44. The zero-order chi connectivity index (χ0) is 15.5. The SMILES string of the molecule is CC(C)(C)c1ccc(NC(=O)NC[C@@]2(O)CCOC2)cc1. The third-order valence-corrected chi connectivity index (χ3v) is 3.67. The van der Waals surface area contributed by atoms with E-state index in [1.54, 1.807) is 0 Å². The maximum atomic E-state index is 11.8. The minimum atomic E-state index is -0.937. The van der Waals surface area contributed by atoms with Gasteiger partial charge in [0.25, 0.3) is 0 Å². The van der Waals surface area contributed by atoms with Crippen molar-refractivity contribution < 1.29 is 14.6 Å². The molecule has 0 bridgehead atoms. The van der Waals surface area contributed by atoms with Crippen LogP contribution >= 0.6 is 0 Å². The average molecular weight is 292 g/mol. The standard InChI is InChI=1S/C16H24N2O3/c1-15(2,3)12-4-6-13(7-5-12)18-14(19)17-10-16(20)8-9-21-11-16/h4-7,20H,8-11H2,1-3H3,(H2,17,18,19)/t16-/m0/s1. The number of carbonyl (C=O) groups is 1. The molecule has 1 aliphatic rings. The van der Waals surface area contributed by atoms with E-state index in [4.69, 9.17) is 4.74 Å². The fourth-order valence-electron chi connectivity index (χ4n) is 2.21. The second-order valence-electron chi connectivity index (χ2n) is 6.66. The van der Waals surface area contributed by atoms with E-state index in [-0.39, 0.29) is 24.6 Å². The molecule has 1 aliphatic heterocycles. The van der Waals surface area contributed by atoms with Crippen molar-refractivity contribution in [1.82, 2.24) is 5.32 Å². The van der Waals surface area contributed by atoms with Crippen LogP contribution in [0.4, 0.5) is 10.5 Å². The lowest BCUT2D eigenvalue weighted by atomic mass is 9.87. The zero-order valence-corrected chi connectivity index (χ0v) is 12.9. The van der Waals surface area contributed by atoms with Gasteiger partial charge in [-0.1, -0.05) is 32.9 Å². The van der Waals surface area contributed by atoms with Crippen LogP contribution in [-0.2, 0) is 10.2 Å². The second-order valence-corrected chi connectivity index (χ2v) is 6.66. The molecule has 1 saturated heterocycles. The summed E-state index contributed by atoms with van der Waals surface area (Å²) in [5, 5.41) is 15.5. The van der Waals surface area contributed by atoms with Crippen LogP contribution in [0.1, 0.15) is 32.8 Å². The Morgan fingerprint density at radius 3 is 2.52 bits per heavy atom. The lowest BCUT2D eigenvalue weighted by Gasteiger charge is -2.21. The summed E-state index contributed by atoms with van der Waals surface area (Å²) < 4.78 is 5.13. The monoisotopic (exact) mass is 292 g/mol. The van der Waals surface area contributed by atoms with Gasteiger partial charge in [-0.25, -0.2) is 4.79 Å². The maximum Gasteiger partial charge on any atom is 0.319 e. The number of nitrogens with one attached hydrogen (secondary N) is 2. The Morgan fingerprint density at radius 2 is 2.00 bits per heavy atom. The molecule has 21 heavy (non-hydrogen) atoms. The molecule has 1 atom stereocenters. The number of hydrogen-bond donors (Lipinski definition) is 3. The van der Waals surface area contributed by atoms with Gasteiger partial charge in [-0.05, 0) is 23.1 Å². The number of ether oxygens (including phenoxy) is 1. The van der Waals surface area contributed by atoms with Crippen molar-refractivity contribution in [3.63, 3.8) is 0 Å². The van der Waals surface area contributed by atoms with Gasteiger partial charge in [0, 0.05) is 18.7 Å². The van der Waals surface area contributed by atoms with Gasteiger partial charge in [0.2, 0.25) is 0 Å². The normalized spacial score (nSPS) is 22.1. The fraction of sp³-hybridized carbons (Fsp3) is 0.562. The van der Waals surface area contributed by atoms with E-state index >= 15 is 0 Å². The minimum absolute atomic E-state index is 0.0898. The highest BCUT2D eigenvalue weighted by atomic mass is 16.5. The molecule has 5 nitrogen and oxygen atoms in total. The number of benzene rings is 1. The summed E-state index contributed by atoms with van der Waals surface area (Å²) in [5.41, 5.74) is 1.10. The summed E-state index contributed by atoms with van der Waals surface area (Å²) in [6.07, 6.45) is 0.549. The Kier molecular flexibility index (Phi) is 4.54. The third-order valence-electron chi connectivity index (χ3n) is 3.67. The van der Waals surface area contributed by atoms with Gasteiger partial charge in [-0.3, -0.25) is 0 Å². The number of carbonyl (C=O) groups excluding carboxylic acids is 1. The predicted molar refractivity (Wildman–Crippen MR) is 82.5 cm³/mol. The van der Waals surface area contributed by atoms with Crippen LogP contribution in [0, 0.1) is 0 Å². The summed E-state index contributed by atoms with van der Waals surface area (Å²) in [6, 6.07) is 7.46. The average Bonchev–Trinajstić information content (AvgIpc) is 2.84. The van der Waals surface area contributed by atoms with Gasteiger partial charge in [0.15, 0.2) is 0 Å². The van der Waals surface area contributed by atoms with Crippen LogP contribution in [0.15, 0.2) is 24.3 Å². The molecule has 0 spiro atoms. The van der Waals surface area contributed by atoms with E-state index in [2.05, 4.69) is 31.4 Å². The summed E-state index contributed by atoms with van der Waals surface area (Å²) in [5.74, 6) is 0. The van der Waals surface area contributed by atoms with Gasteiger partial charge in [-0.15, -0.1) is 0 Å². The number of amides is 2. The van der Waals surface area contributed by atoms with E-state index in [0.29, 0.717) is 13.0 Å². The fourth-order valence-corrected chi connectivity index (χ4v) is 2.21. The van der Waals surface area contributed by atoms with E-state index in [1.807, 2.05) is 24.3 Å². The van der Waals surface area contributed by atoms with Gasteiger partial charge < -0.3 is 20.5 Å². The van der Waals surface area contributed by atoms with Crippen LogP contribution in [0.3, 0.4) is 0 Å². The molecular weight excluding hydrogens is 268 g/mol. The molecule has 116 valence electrons. The summed E-state index contributed by atoms with van der Waals surface area (Å²) in [4.78, 5) is 11.8. The van der Waals surface area contributed by atoms with Gasteiger partial charge >= 0.3 is 6.03 Å². The largest absolute Gasteiger partial charge is 0.386 e. The molecule has 0 radical (unpaired) electrons. The van der Waals surface area contributed by atoms with Crippen LogP contribution in [0.5, 0.6) is 0 Å². The number of aliphatic hydroxyl groups is 1. The first-order chi connectivity index (χ1) is 9.78.